The fraction of sp³-hybridized carbons (Fsp3) is 0.769. The maximum atomic E-state index is 11.9. The Balaban J connectivity index is 1.92. The minimum absolute atomic E-state index is 0.000473. The molecule has 1 heterocycles. The number of likely N-dealkylation sites (tertiary alicyclic amines) is 1. The highest BCUT2D eigenvalue weighted by molar-refractivity contribution is 6.28. The molecule has 2 aliphatic rings. The van der Waals surface area contributed by atoms with Gasteiger partial charge in [0.05, 0.1) is 0 Å². The van der Waals surface area contributed by atoms with E-state index in [1.54, 1.807) is 4.90 Å². The van der Waals surface area contributed by atoms with E-state index in [1.807, 2.05) is 20.8 Å². The molecule has 0 spiro atoms. The Labute approximate surface area is 127 Å². The maximum absolute atomic E-state index is 11.9. The van der Waals surface area contributed by atoms with Crippen molar-refractivity contribution in [2.45, 2.75) is 26.4 Å². The number of aliphatic imine (C=N–C) groups is 1. The van der Waals surface area contributed by atoms with Gasteiger partial charge in [-0.2, -0.15) is 4.99 Å². The second-order valence-electron chi connectivity index (χ2n) is 6.33. The van der Waals surface area contributed by atoms with Gasteiger partial charge in [-0.3, -0.25) is 4.79 Å². The third-order valence-electron chi connectivity index (χ3n) is 3.59. The normalized spacial score (nSPS) is 28.1. The van der Waals surface area contributed by atoms with Gasteiger partial charge >= 0.3 is 6.09 Å². The minimum Gasteiger partial charge on any atom is -0.444 e. The molecule has 8 heteroatoms. The van der Waals surface area contributed by atoms with Crippen molar-refractivity contribution in [1.82, 2.24) is 4.90 Å². The average molecular weight is 316 g/mol. The van der Waals surface area contributed by atoms with E-state index in [-0.39, 0.29) is 35.6 Å². The highest BCUT2D eigenvalue weighted by Crippen LogP contribution is 2.52. The average Bonchev–Trinajstić information content (AvgIpc) is 2.87. The molecule has 116 valence electrons. The molecule has 2 unspecified atom stereocenters. The lowest BCUT2D eigenvalue weighted by Crippen LogP contribution is -2.37. The molecule has 2 amide bonds. The molecule has 2 rings (SSSR count). The van der Waals surface area contributed by atoms with E-state index in [4.69, 9.17) is 16.3 Å². The fourth-order valence-corrected chi connectivity index (χ4v) is 2.76. The van der Waals surface area contributed by atoms with Crippen LogP contribution in [0.2, 0.25) is 0 Å². The lowest BCUT2D eigenvalue weighted by molar-refractivity contribution is -0.115. The summed E-state index contributed by atoms with van der Waals surface area (Å²) in [4.78, 5) is 39.1. The van der Waals surface area contributed by atoms with E-state index in [0.29, 0.717) is 13.1 Å². The quantitative estimate of drug-likeness (QED) is 0.337. The Hall–Kier alpha value is -1.50. The van der Waals surface area contributed by atoms with Gasteiger partial charge in [0.25, 0.3) is 5.91 Å². The number of nitrogens with zero attached hydrogens (tertiary/aromatic N) is 3. The number of rotatable bonds is 2. The van der Waals surface area contributed by atoms with Gasteiger partial charge in [0, 0.05) is 19.0 Å². The molecule has 0 bridgehead atoms. The van der Waals surface area contributed by atoms with Gasteiger partial charge in [-0.05, 0) is 37.8 Å². The Morgan fingerprint density at radius 3 is 2.29 bits per heavy atom. The van der Waals surface area contributed by atoms with Gasteiger partial charge in [0.2, 0.25) is 0 Å². The summed E-state index contributed by atoms with van der Waals surface area (Å²) >= 11 is 5.36. The smallest absolute Gasteiger partial charge is 0.410 e. The summed E-state index contributed by atoms with van der Waals surface area (Å²) in [6.07, 6.45) is -0.358. The van der Waals surface area contributed by atoms with Crippen LogP contribution in [-0.4, -0.2) is 47.3 Å². The van der Waals surface area contributed by atoms with Crippen LogP contribution in [0.3, 0.4) is 0 Å². The standard InChI is InChI=1S/C13H18ClN3O4/c1-13(2,3)21-12(19)17-5-7-8(6-17)10(7)11(16-20)15-9(18)4-14/h7-8,10H,4-6H2,1-3H3. The molecule has 0 aromatic carbocycles. The summed E-state index contributed by atoms with van der Waals surface area (Å²) in [7, 11) is 0. The predicted molar refractivity (Wildman–Crippen MR) is 77.2 cm³/mol. The molecule has 7 nitrogen and oxygen atoms in total. The Kier molecular flexibility index (Phi) is 4.32. The molecule has 1 aliphatic heterocycles. The number of amidine groups is 1. The van der Waals surface area contributed by atoms with Crippen LogP contribution in [0.5, 0.6) is 0 Å². The molecular formula is C13H18ClN3O4. The Morgan fingerprint density at radius 2 is 1.86 bits per heavy atom. The van der Waals surface area contributed by atoms with Crippen molar-refractivity contribution in [2.24, 2.45) is 27.9 Å². The molecule has 0 radical (unpaired) electrons. The number of carbonyl (C=O) groups excluding carboxylic acids is 2. The van der Waals surface area contributed by atoms with E-state index in [9.17, 15) is 14.5 Å². The van der Waals surface area contributed by atoms with Gasteiger partial charge in [0.15, 0.2) is 5.84 Å². The topological polar surface area (TPSA) is 88.4 Å². The lowest BCUT2D eigenvalue weighted by atomic mass is 10.2. The van der Waals surface area contributed by atoms with Crippen LogP contribution in [0.25, 0.3) is 0 Å². The number of amides is 2. The SMILES string of the molecule is CC(C)(C)OC(=O)N1CC2C(C1)C2C(N=O)=NC(=O)CCl. The highest BCUT2D eigenvalue weighted by atomic mass is 35.5. The summed E-state index contributed by atoms with van der Waals surface area (Å²) in [5.74, 6) is -0.743. The first kappa shape index (κ1) is 15.9. The van der Waals surface area contributed by atoms with E-state index in [0.717, 1.165) is 0 Å². The second kappa shape index (κ2) is 5.71. The van der Waals surface area contributed by atoms with Gasteiger partial charge < -0.3 is 9.64 Å². The number of halogens is 1. The fourth-order valence-electron chi connectivity index (χ4n) is 2.70. The molecule has 2 fully saturated rings. The van der Waals surface area contributed by atoms with Crippen molar-refractivity contribution in [3.8, 4) is 0 Å². The van der Waals surface area contributed by atoms with Crippen LogP contribution in [-0.2, 0) is 9.53 Å². The number of fused-ring (bicyclic) bond motifs is 1. The lowest BCUT2D eigenvalue weighted by Gasteiger charge is -2.25. The van der Waals surface area contributed by atoms with Crippen molar-refractivity contribution < 1.29 is 14.3 Å². The largest absolute Gasteiger partial charge is 0.444 e. The molecular weight excluding hydrogens is 298 g/mol. The van der Waals surface area contributed by atoms with Crippen molar-refractivity contribution in [1.29, 1.82) is 0 Å². The first-order valence-corrected chi connectivity index (χ1v) is 7.29. The third kappa shape index (κ3) is 3.58. The van der Waals surface area contributed by atoms with Gasteiger partial charge in [-0.25, -0.2) is 4.79 Å². The van der Waals surface area contributed by atoms with E-state index >= 15 is 0 Å². The molecule has 1 saturated carbocycles. The van der Waals surface area contributed by atoms with Crippen molar-refractivity contribution in [3.05, 3.63) is 4.91 Å². The molecule has 2 atom stereocenters. The van der Waals surface area contributed by atoms with E-state index < -0.39 is 11.5 Å². The number of alkyl halides is 1. The van der Waals surface area contributed by atoms with Gasteiger partial charge in [-0.15, -0.1) is 16.5 Å². The minimum atomic E-state index is -0.569. The molecule has 21 heavy (non-hydrogen) atoms. The number of ether oxygens (including phenoxy) is 1. The van der Waals surface area contributed by atoms with Crippen LogP contribution in [0.1, 0.15) is 20.8 Å². The van der Waals surface area contributed by atoms with E-state index in [2.05, 4.69) is 10.2 Å². The monoisotopic (exact) mass is 315 g/mol. The van der Waals surface area contributed by atoms with Crippen LogP contribution in [0.4, 0.5) is 4.79 Å². The first-order chi connectivity index (χ1) is 9.76. The zero-order valence-corrected chi connectivity index (χ0v) is 13.0. The van der Waals surface area contributed by atoms with Gasteiger partial charge in [0.1, 0.15) is 11.5 Å². The molecule has 1 saturated heterocycles. The van der Waals surface area contributed by atoms with Crippen molar-refractivity contribution >= 4 is 29.4 Å². The molecule has 1 aliphatic carbocycles. The summed E-state index contributed by atoms with van der Waals surface area (Å²) in [5, 5.41) is 2.84. The zero-order chi connectivity index (χ0) is 15.8. The van der Waals surface area contributed by atoms with E-state index in [1.165, 1.54) is 0 Å². The molecule has 0 N–H and O–H groups in total. The van der Waals surface area contributed by atoms with Crippen LogP contribution < -0.4 is 0 Å². The summed E-state index contributed by atoms with van der Waals surface area (Å²) in [6.45, 7) is 6.41. The summed E-state index contributed by atoms with van der Waals surface area (Å²) in [5.41, 5.74) is -0.535. The Bertz CT molecular complexity index is 488. The maximum Gasteiger partial charge on any atom is 0.410 e. The zero-order valence-electron chi connectivity index (χ0n) is 12.2. The van der Waals surface area contributed by atoms with Crippen LogP contribution in [0.15, 0.2) is 10.2 Å². The summed E-state index contributed by atoms with van der Waals surface area (Å²) < 4.78 is 5.29. The second-order valence-corrected chi connectivity index (χ2v) is 6.59. The Morgan fingerprint density at radius 1 is 1.29 bits per heavy atom. The van der Waals surface area contributed by atoms with Gasteiger partial charge in [-0.1, -0.05) is 0 Å². The highest BCUT2D eigenvalue weighted by Gasteiger charge is 2.60. The van der Waals surface area contributed by atoms with Crippen LogP contribution in [0, 0.1) is 22.7 Å². The number of carbonyl (C=O) groups is 2. The molecule has 0 aromatic rings. The number of hydrogen-bond acceptors (Lipinski definition) is 4. The summed E-state index contributed by atoms with van der Waals surface area (Å²) in [6, 6.07) is 0. The van der Waals surface area contributed by atoms with Crippen molar-refractivity contribution in [3.63, 3.8) is 0 Å². The number of hydrogen-bond donors (Lipinski definition) is 0. The predicted octanol–water partition coefficient (Wildman–Crippen LogP) is 2.03. The molecule has 0 aromatic heterocycles. The third-order valence-corrected chi connectivity index (χ3v) is 3.82. The number of nitroso groups, excluding NO2 is 1. The first-order valence-electron chi connectivity index (χ1n) is 6.75. The van der Waals surface area contributed by atoms with Crippen molar-refractivity contribution in [2.75, 3.05) is 19.0 Å². The van der Waals surface area contributed by atoms with Crippen LogP contribution >= 0.6 is 11.6 Å². The number of piperidine rings is 1.